The number of amides is 2. The van der Waals surface area contributed by atoms with Crippen LogP contribution in [0.4, 0.5) is 22.7 Å². The van der Waals surface area contributed by atoms with Crippen molar-refractivity contribution in [3.05, 3.63) is 56.6 Å². The predicted octanol–water partition coefficient (Wildman–Crippen LogP) is 1.11. The molecule has 2 amide bonds. The minimum absolute atomic E-state index is 0.128. The Morgan fingerprint density at radius 3 is 1.43 bits per heavy atom. The number of methoxy groups -OCH3 is 2. The van der Waals surface area contributed by atoms with E-state index in [2.05, 4.69) is 10.9 Å². The Kier molecular flexibility index (Phi) is 6.89. The number of nitro groups is 2. The SMILES string of the molecule is COc1ccc([N+](=O)[O-])c(NNC(=O)C(=O)NNc2cc(OC)ccc2[N+](=O)[O-])c1. The summed E-state index contributed by atoms with van der Waals surface area (Å²) >= 11 is 0. The van der Waals surface area contributed by atoms with Crippen molar-refractivity contribution >= 4 is 34.6 Å². The first kappa shape index (κ1) is 21.7. The summed E-state index contributed by atoms with van der Waals surface area (Å²) < 4.78 is 9.90. The molecule has 0 saturated heterocycles. The van der Waals surface area contributed by atoms with Crippen LogP contribution in [0.15, 0.2) is 36.4 Å². The van der Waals surface area contributed by atoms with Gasteiger partial charge in [0.05, 0.1) is 24.1 Å². The summed E-state index contributed by atoms with van der Waals surface area (Å²) in [5.74, 6) is -1.92. The van der Waals surface area contributed by atoms with Gasteiger partial charge in [0.2, 0.25) is 0 Å². The van der Waals surface area contributed by atoms with Crippen LogP contribution in [0, 0.1) is 20.2 Å². The lowest BCUT2D eigenvalue weighted by Crippen LogP contribution is -2.44. The monoisotopic (exact) mass is 420 g/mol. The molecule has 0 aliphatic rings. The van der Waals surface area contributed by atoms with Gasteiger partial charge in [0.1, 0.15) is 22.9 Å². The molecular formula is C16H16N6O8. The third kappa shape index (κ3) is 5.22. The van der Waals surface area contributed by atoms with Gasteiger partial charge in [0, 0.05) is 24.3 Å². The topological polar surface area (TPSA) is 187 Å². The summed E-state index contributed by atoms with van der Waals surface area (Å²) in [6, 6.07) is 7.49. The number of nitrogens with one attached hydrogen (secondary N) is 4. The van der Waals surface area contributed by atoms with Crippen molar-refractivity contribution in [3.63, 3.8) is 0 Å². The van der Waals surface area contributed by atoms with Crippen molar-refractivity contribution in [2.75, 3.05) is 25.1 Å². The van der Waals surface area contributed by atoms with E-state index < -0.39 is 21.7 Å². The maximum Gasteiger partial charge on any atom is 0.329 e. The third-order valence-corrected chi connectivity index (χ3v) is 3.63. The maximum absolute atomic E-state index is 11.9. The minimum Gasteiger partial charge on any atom is -0.497 e. The average molecular weight is 420 g/mol. The summed E-state index contributed by atoms with van der Waals surface area (Å²) in [5, 5.41) is 22.1. The highest BCUT2D eigenvalue weighted by Gasteiger charge is 2.20. The molecular weight excluding hydrogens is 404 g/mol. The van der Waals surface area contributed by atoms with Crippen LogP contribution < -0.4 is 31.2 Å². The van der Waals surface area contributed by atoms with E-state index in [1.165, 1.54) is 38.5 Å². The molecule has 2 rings (SSSR count). The number of nitrogens with zero attached hydrogens (tertiary/aromatic N) is 2. The van der Waals surface area contributed by atoms with Crippen molar-refractivity contribution in [2.24, 2.45) is 0 Å². The number of rotatable bonds is 8. The zero-order chi connectivity index (χ0) is 22.3. The molecule has 2 aromatic carbocycles. The van der Waals surface area contributed by atoms with Crippen LogP contribution in [-0.4, -0.2) is 35.9 Å². The first-order valence-corrected chi connectivity index (χ1v) is 8.04. The first-order chi connectivity index (χ1) is 14.3. The average Bonchev–Trinajstić information content (AvgIpc) is 2.74. The second-order valence-corrected chi connectivity index (χ2v) is 5.44. The number of hydrogen-bond donors (Lipinski definition) is 4. The molecule has 0 fully saturated rings. The Labute approximate surface area is 168 Å². The molecule has 158 valence electrons. The van der Waals surface area contributed by atoms with Gasteiger partial charge in [-0.25, -0.2) is 0 Å². The van der Waals surface area contributed by atoms with Crippen molar-refractivity contribution in [2.45, 2.75) is 0 Å². The fourth-order valence-corrected chi connectivity index (χ4v) is 2.16. The Bertz CT molecular complexity index is 916. The highest BCUT2D eigenvalue weighted by molar-refractivity contribution is 6.35. The van der Waals surface area contributed by atoms with Crippen molar-refractivity contribution in [3.8, 4) is 11.5 Å². The lowest BCUT2D eigenvalue weighted by molar-refractivity contribution is -0.384. The smallest absolute Gasteiger partial charge is 0.329 e. The van der Waals surface area contributed by atoms with Crippen LogP contribution in [0.2, 0.25) is 0 Å². The van der Waals surface area contributed by atoms with E-state index >= 15 is 0 Å². The molecule has 0 atom stereocenters. The van der Waals surface area contributed by atoms with E-state index in [1.807, 2.05) is 10.9 Å². The lowest BCUT2D eigenvalue weighted by atomic mass is 10.2. The molecule has 0 radical (unpaired) electrons. The van der Waals surface area contributed by atoms with Gasteiger partial charge in [-0.1, -0.05) is 0 Å². The Hall–Kier alpha value is -4.62. The van der Waals surface area contributed by atoms with Crippen LogP contribution in [-0.2, 0) is 9.59 Å². The molecule has 0 saturated carbocycles. The number of carbonyl (C=O) groups excluding carboxylic acids is 2. The first-order valence-electron chi connectivity index (χ1n) is 8.04. The van der Waals surface area contributed by atoms with Crippen molar-refractivity contribution in [1.82, 2.24) is 10.9 Å². The Morgan fingerprint density at radius 2 is 1.13 bits per heavy atom. The molecule has 4 N–H and O–H groups in total. The van der Waals surface area contributed by atoms with Gasteiger partial charge in [0.25, 0.3) is 11.4 Å². The fraction of sp³-hybridized carbons (Fsp3) is 0.125. The van der Waals surface area contributed by atoms with Crippen molar-refractivity contribution < 1.29 is 28.9 Å². The Balaban J connectivity index is 2.04. The van der Waals surface area contributed by atoms with E-state index in [-0.39, 0.29) is 34.2 Å². The lowest BCUT2D eigenvalue weighted by Gasteiger charge is -2.12. The molecule has 0 aliphatic carbocycles. The molecule has 0 aromatic heterocycles. The molecule has 0 unspecified atom stereocenters. The zero-order valence-electron chi connectivity index (χ0n) is 15.6. The van der Waals surface area contributed by atoms with Crippen LogP contribution in [0.25, 0.3) is 0 Å². The van der Waals surface area contributed by atoms with Gasteiger partial charge in [-0.2, -0.15) is 0 Å². The van der Waals surface area contributed by atoms with Crippen molar-refractivity contribution in [1.29, 1.82) is 0 Å². The molecule has 0 bridgehead atoms. The number of benzene rings is 2. The Morgan fingerprint density at radius 1 is 0.767 bits per heavy atom. The molecule has 0 heterocycles. The summed E-state index contributed by atoms with van der Waals surface area (Å²) in [5.41, 5.74) is 7.48. The van der Waals surface area contributed by atoms with Gasteiger partial charge in [-0.05, 0) is 12.1 Å². The molecule has 0 aliphatic heterocycles. The number of carbonyl (C=O) groups is 2. The van der Waals surface area contributed by atoms with Crippen LogP contribution in [0.3, 0.4) is 0 Å². The number of anilines is 2. The predicted molar refractivity (Wildman–Crippen MR) is 103 cm³/mol. The molecule has 0 spiro atoms. The highest BCUT2D eigenvalue weighted by atomic mass is 16.6. The molecule has 30 heavy (non-hydrogen) atoms. The van der Waals surface area contributed by atoms with Gasteiger partial charge in [-0.3, -0.25) is 51.5 Å². The largest absolute Gasteiger partial charge is 0.497 e. The van der Waals surface area contributed by atoms with Gasteiger partial charge in [0.15, 0.2) is 0 Å². The van der Waals surface area contributed by atoms with Gasteiger partial charge >= 0.3 is 11.8 Å². The minimum atomic E-state index is -1.23. The van der Waals surface area contributed by atoms with E-state index in [0.717, 1.165) is 12.1 Å². The maximum atomic E-state index is 11.9. The number of hydrazine groups is 2. The number of ether oxygens (including phenoxy) is 2. The summed E-state index contributed by atoms with van der Waals surface area (Å²) in [7, 11) is 2.70. The number of hydrogen-bond acceptors (Lipinski definition) is 10. The van der Waals surface area contributed by atoms with Gasteiger partial charge in [-0.15, -0.1) is 0 Å². The van der Waals surface area contributed by atoms with E-state index in [4.69, 9.17) is 9.47 Å². The standard InChI is InChI=1S/C16H16N6O8/c1-29-9-3-5-13(21(25)26)11(7-9)17-19-15(23)16(24)20-18-12-8-10(30-2)4-6-14(12)22(27)28/h3-8,17-18H,1-2H3,(H,19,23)(H,20,24). The quantitative estimate of drug-likeness (QED) is 0.274. The van der Waals surface area contributed by atoms with Crippen LogP contribution >= 0.6 is 0 Å². The number of nitro benzene ring substituents is 2. The van der Waals surface area contributed by atoms with Crippen LogP contribution in [0.5, 0.6) is 11.5 Å². The molecule has 2 aromatic rings. The van der Waals surface area contributed by atoms with E-state index in [1.54, 1.807) is 0 Å². The van der Waals surface area contributed by atoms with E-state index in [9.17, 15) is 29.8 Å². The molecule has 14 nitrogen and oxygen atoms in total. The highest BCUT2D eigenvalue weighted by Crippen LogP contribution is 2.29. The fourth-order valence-electron chi connectivity index (χ4n) is 2.16. The summed E-state index contributed by atoms with van der Waals surface area (Å²) in [4.78, 5) is 44.6. The van der Waals surface area contributed by atoms with E-state index in [0.29, 0.717) is 0 Å². The zero-order valence-corrected chi connectivity index (χ0v) is 15.6. The normalized spacial score (nSPS) is 9.80. The summed E-state index contributed by atoms with van der Waals surface area (Å²) in [6.07, 6.45) is 0. The summed E-state index contributed by atoms with van der Waals surface area (Å²) in [6.45, 7) is 0. The molecule has 14 heteroatoms. The second-order valence-electron chi connectivity index (χ2n) is 5.44. The van der Waals surface area contributed by atoms with Gasteiger partial charge < -0.3 is 9.47 Å². The third-order valence-electron chi connectivity index (χ3n) is 3.63. The second kappa shape index (κ2) is 9.54. The van der Waals surface area contributed by atoms with Crippen LogP contribution in [0.1, 0.15) is 0 Å².